The fourth-order valence-corrected chi connectivity index (χ4v) is 2.75. The van der Waals surface area contributed by atoms with Crippen molar-refractivity contribution in [3.63, 3.8) is 0 Å². The minimum absolute atomic E-state index is 0.0198. The minimum atomic E-state index is -0.405. The molecule has 9 nitrogen and oxygen atoms in total. The van der Waals surface area contributed by atoms with Crippen LogP contribution in [-0.2, 0) is 24.3 Å². The molecule has 25 heavy (non-hydrogen) atoms. The molecule has 0 saturated carbocycles. The number of fused-ring (bicyclic) bond motifs is 1. The molecule has 0 spiro atoms. The molecule has 0 bridgehead atoms. The smallest absolute Gasteiger partial charge is 0.272 e. The second kappa shape index (κ2) is 7.04. The molecular weight excluding hydrogens is 324 g/mol. The lowest BCUT2D eigenvalue weighted by molar-refractivity contribution is -0.130. The number of nitrogens with one attached hydrogen (secondary N) is 1. The third-order valence-corrected chi connectivity index (χ3v) is 4.15. The molecule has 0 saturated heterocycles. The van der Waals surface area contributed by atoms with E-state index in [9.17, 15) is 9.59 Å². The Kier molecular flexibility index (Phi) is 4.82. The Morgan fingerprint density at radius 3 is 2.92 bits per heavy atom. The zero-order valence-electron chi connectivity index (χ0n) is 14.7. The summed E-state index contributed by atoms with van der Waals surface area (Å²) >= 11 is 0. The van der Waals surface area contributed by atoms with Crippen LogP contribution in [0.15, 0.2) is 10.6 Å². The maximum atomic E-state index is 12.4. The van der Waals surface area contributed by atoms with Crippen molar-refractivity contribution in [2.24, 2.45) is 0 Å². The Morgan fingerprint density at radius 2 is 2.20 bits per heavy atom. The molecule has 0 aliphatic carbocycles. The largest absolute Gasteiger partial charge is 0.339 e. The molecule has 9 heteroatoms. The van der Waals surface area contributed by atoms with E-state index >= 15 is 0 Å². The van der Waals surface area contributed by atoms with Gasteiger partial charge in [-0.05, 0) is 19.4 Å². The van der Waals surface area contributed by atoms with Gasteiger partial charge in [-0.1, -0.05) is 12.1 Å². The van der Waals surface area contributed by atoms with Gasteiger partial charge in [0, 0.05) is 19.9 Å². The van der Waals surface area contributed by atoms with Crippen molar-refractivity contribution in [1.82, 2.24) is 30.1 Å². The van der Waals surface area contributed by atoms with E-state index in [-0.39, 0.29) is 11.8 Å². The van der Waals surface area contributed by atoms with Gasteiger partial charge in [0.05, 0.1) is 18.8 Å². The Morgan fingerprint density at radius 1 is 1.40 bits per heavy atom. The number of carbonyl (C=O) groups excluding carboxylic acids is 2. The SMILES string of the molecule is CCCc1noc(C(C)NC(=O)c2cc3n(n2)CCN(C(C)=O)C3)n1. The first-order valence-electron chi connectivity index (χ1n) is 8.43. The van der Waals surface area contributed by atoms with Crippen LogP contribution in [0.2, 0.25) is 0 Å². The molecule has 2 amide bonds. The summed E-state index contributed by atoms with van der Waals surface area (Å²) in [5, 5.41) is 11.0. The lowest BCUT2D eigenvalue weighted by Crippen LogP contribution is -2.36. The predicted octanol–water partition coefficient (Wildman–Crippen LogP) is 1.07. The Balaban J connectivity index is 1.66. The van der Waals surface area contributed by atoms with Crippen molar-refractivity contribution in [2.75, 3.05) is 6.54 Å². The highest BCUT2D eigenvalue weighted by Crippen LogP contribution is 2.15. The molecule has 1 aliphatic heterocycles. The maximum Gasteiger partial charge on any atom is 0.272 e. The molecular formula is C16H22N6O3. The number of hydrogen-bond donors (Lipinski definition) is 1. The fourth-order valence-electron chi connectivity index (χ4n) is 2.75. The maximum absolute atomic E-state index is 12.4. The van der Waals surface area contributed by atoms with Crippen LogP contribution in [0.4, 0.5) is 0 Å². The number of amides is 2. The van der Waals surface area contributed by atoms with Gasteiger partial charge in [-0.25, -0.2) is 0 Å². The van der Waals surface area contributed by atoms with Crippen LogP contribution in [0.3, 0.4) is 0 Å². The third kappa shape index (κ3) is 3.70. The van der Waals surface area contributed by atoms with Gasteiger partial charge >= 0.3 is 0 Å². The van der Waals surface area contributed by atoms with Gasteiger partial charge in [0.2, 0.25) is 11.8 Å². The summed E-state index contributed by atoms with van der Waals surface area (Å²) in [5.74, 6) is 0.731. The molecule has 0 aromatic carbocycles. The van der Waals surface area contributed by atoms with E-state index in [1.165, 1.54) is 0 Å². The highest BCUT2D eigenvalue weighted by atomic mass is 16.5. The zero-order valence-corrected chi connectivity index (χ0v) is 14.7. The number of aromatic nitrogens is 4. The van der Waals surface area contributed by atoms with Gasteiger partial charge in [-0.15, -0.1) is 0 Å². The molecule has 0 radical (unpaired) electrons. The van der Waals surface area contributed by atoms with Crippen molar-refractivity contribution in [3.8, 4) is 0 Å². The second-order valence-corrected chi connectivity index (χ2v) is 6.18. The molecule has 3 heterocycles. The summed E-state index contributed by atoms with van der Waals surface area (Å²) in [6, 6.07) is 1.31. The molecule has 0 fully saturated rings. The Bertz CT molecular complexity index is 781. The minimum Gasteiger partial charge on any atom is -0.339 e. The third-order valence-electron chi connectivity index (χ3n) is 4.15. The summed E-state index contributed by atoms with van der Waals surface area (Å²) in [6.07, 6.45) is 1.67. The lowest BCUT2D eigenvalue weighted by Gasteiger charge is -2.26. The molecule has 3 rings (SSSR count). The first kappa shape index (κ1) is 17.1. The van der Waals surface area contributed by atoms with Crippen molar-refractivity contribution >= 4 is 11.8 Å². The van der Waals surface area contributed by atoms with Crippen LogP contribution in [0, 0.1) is 0 Å². The highest BCUT2D eigenvalue weighted by molar-refractivity contribution is 5.92. The topological polar surface area (TPSA) is 106 Å². The van der Waals surface area contributed by atoms with Crippen LogP contribution in [0.1, 0.15) is 61.1 Å². The zero-order chi connectivity index (χ0) is 18.0. The molecule has 1 aliphatic rings. The van der Waals surface area contributed by atoms with Crippen LogP contribution >= 0.6 is 0 Å². The van der Waals surface area contributed by atoms with Crippen molar-refractivity contribution in [3.05, 3.63) is 29.2 Å². The molecule has 1 unspecified atom stereocenters. The molecule has 2 aromatic rings. The lowest BCUT2D eigenvalue weighted by atomic mass is 10.2. The number of nitrogens with zero attached hydrogens (tertiary/aromatic N) is 5. The number of hydrogen-bond acceptors (Lipinski definition) is 6. The van der Waals surface area contributed by atoms with E-state index in [2.05, 4.69) is 20.6 Å². The molecule has 2 aromatic heterocycles. The van der Waals surface area contributed by atoms with Gasteiger partial charge in [0.1, 0.15) is 6.04 Å². The van der Waals surface area contributed by atoms with E-state index in [0.717, 1.165) is 18.5 Å². The molecule has 1 atom stereocenters. The molecule has 134 valence electrons. The average Bonchev–Trinajstić information content (AvgIpc) is 3.20. The highest BCUT2D eigenvalue weighted by Gasteiger charge is 2.24. The summed E-state index contributed by atoms with van der Waals surface area (Å²) < 4.78 is 6.96. The Hall–Kier alpha value is -2.71. The van der Waals surface area contributed by atoms with Gasteiger partial charge in [-0.3, -0.25) is 14.3 Å². The van der Waals surface area contributed by atoms with Crippen molar-refractivity contribution < 1.29 is 14.1 Å². The van der Waals surface area contributed by atoms with Crippen LogP contribution < -0.4 is 5.32 Å². The number of aryl methyl sites for hydroxylation is 1. The van der Waals surface area contributed by atoms with Crippen LogP contribution in [-0.4, -0.2) is 43.2 Å². The number of rotatable bonds is 5. The van der Waals surface area contributed by atoms with E-state index in [0.29, 0.717) is 37.0 Å². The van der Waals surface area contributed by atoms with Gasteiger partial charge < -0.3 is 14.7 Å². The summed E-state index contributed by atoms with van der Waals surface area (Å²) in [4.78, 5) is 29.9. The van der Waals surface area contributed by atoms with Crippen molar-refractivity contribution in [2.45, 2.75) is 52.7 Å². The van der Waals surface area contributed by atoms with Gasteiger partial charge in [-0.2, -0.15) is 10.1 Å². The van der Waals surface area contributed by atoms with Crippen molar-refractivity contribution in [1.29, 1.82) is 0 Å². The van der Waals surface area contributed by atoms with E-state index in [4.69, 9.17) is 4.52 Å². The van der Waals surface area contributed by atoms with Crippen LogP contribution in [0.5, 0.6) is 0 Å². The summed E-state index contributed by atoms with van der Waals surface area (Å²) in [6.45, 7) is 7.02. The monoisotopic (exact) mass is 346 g/mol. The van der Waals surface area contributed by atoms with Crippen LogP contribution in [0.25, 0.3) is 0 Å². The second-order valence-electron chi connectivity index (χ2n) is 6.18. The van der Waals surface area contributed by atoms with E-state index in [1.807, 2.05) is 6.92 Å². The summed E-state index contributed by atoms with van der Waals surface area (Å²) in [5.41, 5.74) is 1.17. The Labute approximate surface area is 145 Å². The standard InChI is InChI=1S/C16H22N6O3/c1-4-5-14-18-16(25-20-14)10(2)17-15(24)13-8-12-9-21(11(3)23)6-7-22(12)19-13/h8,10H,4-7,9H2,1-3H3,(H,17,24). The van der Waals surface area contributed by atoms with E-state index < -0.39 is 6.04 Å². The first-order chi connectivity index (χ1) is 12.0. The van der Waals surface area contributed by atoms with E-state index in [1.54, 1.807) is 29.5 Å². The number of carbonyl (C=O) groups is 2. The van der Waals surface area contributed by atoms with Gasteiger partial charge in [0.25, 0.3) is 5.91 Å². The van der Waals surface area contributed by atoms with Gasteiger partial charge in [0.15, 0.2) is 11.5 Å². The quantitative estimate of drug-likeness (QED) is 0.868. The molecule has 1 N–H and O–H groups in total. The normalized spacial score (nSPS) is 14.9. The first-order valence-corrected chi connectivity index (χ1v) is 8.43. The summed E-state index contributed by atoms with van der Waals surface area (Å²) in [7, 11) is 0. The fraction of sp³-hybridized carbons (Fsp3) is 0.562. The predicted molar refractivity (Wildman–Crippen MR) is 87.5 cm³/mol. The average molecular weight is 346 g/mol.